The van der Waals surface area contributed by atoms with Gasteiger partial charge < -0.3 is 6.15 Å². The summed E-state index contributed by atoms with van der Waals surface area (Å²) in [6, 6.07) is 8.53. The van der Waals surface area contributed by atoms with Crippen molar-refractivity contribution >= 4 is 13.3 Å². The summed E-state index contributed by atoms with van der Waals surface area (Å²) >= 11 is 0. The van der Waals surface area contributed by atoms with Gasteiger partial charge in [-0.3, -0.25) is 0 Å². The van der Waals surface area contributed by atoms with Crippen molar-refractivity contribution in [2.75, 3.05) is 0 Å². The maximum atomic E-state index is 10.3. The second-order valence-corrected chi connectivity index (χ2v) is 2.67. The Morgan fingerprint density at radius 3 is 2.00 bits per heavy atom. The van der Waals surface area contributed by atoms with Crippen LogP contribution in [0.25, 0.3) is 0 Å². The molecule has 10 heavy (non-hydrogen) atoms. The molecule has 1 aromatic rings. The third-order valence-electron chi connectivity index (χ3n) is 0.977. The van der Waals surface area contributed by atoms with Gasteiger partial charge in [-0.05, 0) is 16.7 Å². The summed E-state index contributed by atoms with van der Waals surface area (Å²) in [5.74, 6) is 0. The van der Waals surface area contributed by atoms with Crippen molar-refractivity contribution in [3.63, 3.8) is 0 Å². The molecule has 0 spiro atoms. The van der Waals surface area contributed by atoms with E-state index < -0.39 is 8.03 Å². The molecule has 0 fully saturated rings. The molecular formula is C6H9NO2P+. The van der Waals surface area contributed by atoms with Crippen molar-refractivity contribution < 1.29 is 9.46 Å². The first-order valence-corrected chi connectivity index (χ1v) is 3.73. The van der Waals surface area contributed by atoms with Crippen LogP contribution in [0.15, 0.2) is 30.3 Å². The van der Waals surface area contributed by atoms with Gasteiger partial charge in [0.2, 0.25) is 5.30 Å². The van der Waals surface area contributed by atoms with E-state index >= 15 is 0 Å². The minimum absolute atomic E-state index is 0. The van der Waals surface area contributed by atoms with Gasteiger partial charge in [0.1, 0.15) is 0 Å². The number of rotatable bonds is 1. The lowest BCUT2D eigenvalue weighted by atomic mass is 10.4. The molecule has 0 saturated heterocycles. The zero-order valence-corrected chi connectivity index (χ0v) is 6.29. The zero-order valence-electron chi connectivity index (χ0n) is 5.40. The molecule has 0 aliphatic carbocycles. The average molecular weight is 158 g/mol. The average Bonchev–Trinajstić information content (AvgIpc) is 1.90. The molecule has 4 N–H and O–H groups in total. The fourth-order valence-corrected chi connectivity index (χ4v) is 0.983. The molecule has 0 saturated carbocycles. The SMILES string of the molecule is N.O=[P+](O)c1ccccc1. The molecule has 0 heterocycles. The first-order valence-electron chi connectivity index (χ1n) is 2.52. The van der Waals surface area contributed by atoms with Gasteiger partial charge in [0.15, 0.2) is 0 Å². The van der Waals surface area contributed by atoms with Gasteiger partial charge in [-0.15, -0.1) is 0 Å². The summed E-state index contributed by atoms with van der Waals surface area (Å²) in [5, 5.41) is 0.479. The molecule has 1 aromatic carbocycles. The van der Waals surface area contributed by atoms with Crippen LogP contribution in [0.3, 0.4) is 0 Å². The summed E-state index contributed by atoms with van der Waals surface area (Å²) in [5.41, 5.74) is 0. The lowest BCUT2D eigenvalue weighted by molar-refractivity contribution is 0.513. The Kier molecular flexibility index (Phi) is 3.81. The first kappa shape index (κ1) is 9.24. The van der Waals surface area contributed by atoms with Gasteiger partial charge in [-0.1, -0.05) is 18.2 Å². The summed E-state index contributed by atoms with van der Waals surface area (Å²) in [6.07, 6.45) is 0. The molecule has 0 amide bonds. The van der Waals surface area contributed by atoms with Gasteiger partial charge in [-0.2, -0.15) is 4.89 Å². The molecule has 0 bridgehead atoms. The van der Waals surface area contributed by atoms with Gasteiger partial charge >= 0.3 is 8.03 Å². The molecule has 0 aliphatic rings. The second kappa shape index (κ2) is 4.12. The summed E-state index contributed by atoms with van der Waals surface area (Å²) < 4.78 is 10.3. The Labute approximate surface area is 60.2 Å². The van der Waals surface area contributed by atoms with Crippen LogP contribution in [0, 0.1) is 0 Å². The molecule has 4 heteroatoms. The van der Waals surface area contributed by atoms with E-state index in [9.17, 15) is 4.57 Å². The van der Waals surface area contributed by atoms with E-state index in [0.717, 1.165) is 0 Å². The van der Waals surface area contributed by atoms with E-state index in [2.05, 4.69) is 0 Å². The minimum Gasteiger partial charge on any atom is -0.344 e. The predicted octanol–water partition coefficient (Wildman–Crippen LogP) is 1.21. The fourth-order valence-electron chi connectivity index (χ4n) is 0.556. The van der Waals surface area contributed by atoms with Crippen molar-refractivity contribution in [1.82, 2.24) is 6.15 Å². The Hall–Kier alpha value is -0.760. The standard InChI is InChI=1S/C6H5O2P.H3N/c7-9(8)6-4-2-1-3-5-6;/h1-5H;1H3/p+1. The highest BCUT2D eigenvalue weighted by Gasteiger charge is 2.12. The van der Waals surface area contributed by atoms with E-state index in [1.807, 2.05) is 6.07 Å². The number of benzene rings is 1. The van der Waals surface area contributed by atoms with E-state index in [-0.39, 0.29) is 6.15 Å². The molecular weight excluding hydrogens is 149 g/mol. The van der Waals surface area contributed by atoms with E-state index in [4.69, 9.17) is 4.89 Å². The number of hydrogen-bond donors (Lipinski definition) is 2. The lowest BCUT2D eigenvalue weighted by Gasteiger charge is -1.77. The van der Waals surface area contributed by atoms with Crippen LogP contribution in [0.1, 0.15) is 0 Å². The Balaban J connectivity index is 0.000000810. The van der Waals surface area contributed by atoms with Gasteiger partial charge in [0.25, 0.3) is 0 Å². The molecule has 0 aromatic heterocycles. The first-order chi connectivity index (χ1) is 4.30. The zero-order chi connectivity index (χ0) is 6.69. The van der Waals surface area contributed by atoms with Crippen molar-refractivity contribution in [2.24, 2.45) is 0 Å². The van der Waals surface area contributed by atoms with Crippen LogP contribution in [0.5, 0.6) is 0 Å². The molecule has 3 nitrogen and oxygen atoms in total. The van der Waals surface area contributed by atoms with Gasteiger partial charge in [0, 0.05) is 0 Å². The highest BCUT2D eigenvalue weighted by atomic mass is 31.1. The van der Waals surface area contributed by atoms with Crippen molar-refractivity contribution in [3.8, 4) is 0 Å². The second-order valence-electron chi connectivity index (χ2n) is 1.61. The smallest absolute Gasteiger partial charge is 0.344 e. The Morgan fingerprint density at radius 2 is 1.70 bits per heavy atom. The molecule has 1 unspecified atom stereocenters. The van der Waals surface area contributed by atoms with Crippen molar-refractivity contribution in [2.45, 2.75) is 0 Å². The van der Waals surface area contributed by atoms with Crippen LogP contribution in [0.4, 0.5) is 0 Å². The van der Waals surface area contributed by atoms with Crippen LogP contribution in [-0.2, 0) is 4.57 Å². The van der Waals surface area contributed by atoms with Gasteiger partial charge in [0.05, 0.1) is 0 Å². The van der Waals surface area contributed by atoms with Crippen LogP contribution in [0.2, 0.25) is 0 Å². The summed E-state index contributed by atoms with van der Waals surface area (Å²) in [6.45, 7) is 0. The maximum Gasteiger partial charge on any atom is 0.546 e. The Bertz CT molecular complexity index is 212. The third-order valence-corrected chi connectivity index (χ3v) is 1.72. The highest BCUT2D eigenvalue weighted by Crippen LogP contribution is 2.10. The maximum absolute atomic E-state index is 10.3. The van der Waals surface area contributed by atoms with Crippen LogP contribution < -0.4 is 11.5 Å². The van der Waals surface area contributed by atoms with Crippen molar-refractivity contribution in [1.29, 1.82) is 0 Å². The van der Waals surface area contributed by atoms with Crippen LogP contribution >= 0.6 is 8.03 Å². The molecule has 1 rings (SSSR count). The van der Waals surface area contributed by atoms with Crippen LogP contribution in [-0.4, -0.2) is 4.89 Å². The largest absolute Gasteiger partial charge is 0.546 e. The minimum atomic E-state index is -2.15. The fraction of sp³-hybridized carbons (Fsp3) is 0. The van der Waals surface area contributed by atoms with Gasteiger partial charge in [-0.25, -0.2) is 0 Å². The van der Waals surface area contributed by atoms with E-state index in [1.54, 1.807) is 24.3 Å². The predicted molar refractivity (Wildman–Crippen MR) is 40.9 cm³/mol. The lowest BCUT2D eigenvalue weighted by Crippen LogP contribution is -1.91. The molecule has 0 radical (unpaired) electrons. The van der Waals surface area contributed by atoms with E-state index in [1.165, 1.54) is 0 Å². The van der Waals surface area contributed by atoms with Crippen molar-refractivity contribution in [3.05, 3.63) is 30.3 Å². The van der Waals surface area contributed by atoms with E-state index in [0.29, 0.717) is 5.30 Å². The number of hydrogen-bond acceptors (Lipinski definition) is 2. The monoisotopic (exact) mass is 158 g/mol. The highest BCUT2D eigenvalue weighted by molar-refractivity contribution is 7.47. The molecule has 1 atom stereocenters. The topological polar surface area (TPSA) is 72.3 Å². The molecule has 54 valence electrons. The third kappa shape index (κ3) is 2.23. The Morgan fingerprint density at radius 1 is 1.20 bits per heavy atom. The summed E-state index contributed by atoms with van der Waals surface area (Å²) in [4.78, 5) is 8.53. The molecule has 0 aliphatic heterocycles. The summed E-state index contributed by atoms with van der Waals surface area (Å²) in [7, 11) is -2.15. The normalized spacial score (nSPS) is 9.90. The quantitative estimate of drug-likeness (QED) is 0.603.